The molecule has 0 spiro atoms. The lowest BCUT2D eigenvalue weighted by atomic mass is 10.1. The first-order chi connectivity index (χ1) is 10.8. The molecule has 0 amide bonds. The number of nitrogens with two attached hydrogens (primary N) is 2. The molecular formula is C14H24Cl2N4O5. The predicted octanol–water partition coefficient (Wildman–Crippen LogP) is -0.156. The molecule has 1 aromatic rings. The number of carbonyl (C=O) groups excluding carboxylic acids is 1. The number of hydrogen-bond donors (Lipinski definition) is 3. The van der Waals surface area contributed by atoms with Gasteiger partial charge < -0.3 is 26.0 Å². The average Bonchev–Trinajstić information content (AvgIpc) is 2.88. The highest BCUT2D eigenvalue weighted by atomic mass is 35.5. The van der Waals surface area contributed by atoms with Crippen LogP contribution < -0.4 is 17.2 Å². The molecule has 2 rings (SSSR count). The molecule has 1 fully saturated rings. The maximum absolute atomic E-state index is 12.0. The van der Waals surface area contributed by atoms with Gasteiger partial charge in [-0.15, -0.1) is 24.8 Å². The molecule has 0 radical (unpaired) electrons. The second kappa shape index (κ2) is 9.93. The topological polar surface area (TPSA) is 143 Å². The predicted molar refractivity (Wildman–Crippen MR) is 95.7 cm³/mol. The summed E-state index contributed by atoms with van der Waals surface area (Å²) in [7, 11) is 0. The lowest BCUT2D eigenvalue weighted by Crippen LogP contribution is -2.41. The summed E-state index contributed by atoms with van der Waals surface area (Å²) < 4.78 is 12.2. The summed E-state index contributed by atoms with van der Waals surface area (Å²) in [5.74, 6) is -0.526. The first-order valence-corrected chi connectivity index (χ1v) is 7.40. The monoisotopic (exact) mass is 398 g/mol. The third-order valence-corrected chi connectivity index (χ3v) is 3.78. The van der Waals surface area contributed by atoms with Crippen LogP contribution in [0.4, 0.5) is 5.82 Å². The van der Waals surface area contributed by atoms with Gasteiger partial charge in [0, 0.05) is 12.6 Å². The fraction of sp³-hybridized carbons (Fsp3) is 0.643. The number of nitrogen functional groups attached to an aromatic ring is 1. The van der Waals surface area contributed by atoms with Gasteiger partial charge in [0.05, 0.1) is 6.61 Å². The Hall–Kier alpha value is -1.39. The quantitative estimate of drug-likeness (QED) is 0.580. The molecule has 9 nitrogen and oxygen atoms in total. The van der Waals surface area contributed by atoms with Gasteiger partial charge in [0.15, 0.2) is 0 Å². The lowest BCUT2D eigenvalue weighted by molar-refractivity contribution is -0.155. The van der Waals surface area contributed by atoms with Crippen LogP contribution in [-0.4, -0.2) is 45.5 Å². The summed E-state index contributed by atoms with van der Waals surface area (Å²) >= 11 is 0. The summed E-state index contributed by atoms with van der Waals surface area (Å²) in [6, 6.07) is 0.710. The first kappa shape index (κ1) is 23.6. The molecule has 11 heteroatoms. The van der Waals surface area contributed by atoms with Crippen molar-refractivity contribution in [3.63, 3.8) is 0 Å². The smallest absolute Gasteiger partial charge is 0.351 e. The maximum atomic E-state index is 12.0. The van der Waals surface area contributed by atoms with Gasteiger partial charge in [-0.1, -0.05) is 13.8 Å². The van der Waals surface area contributed by atoms with E-state index >= 15 is 0 Å². The van der Waals surface area contributed by atoms with Crippen molar-refractivity contribution in [2.45, 2.75) is 44.7 Å². The SMILES string of the molecule is CC(C)C(N)C(=O)OC1CC(n2ccc(N)nc2=O)OC1CO.Cl.Cl. The second-order valence-electron chi connectivity index (χ2n) is 5.83. The molecule has 0 aliphatic carbocycles. The summed E-state index contributed by atoms with van der Waals surface area (Å²) in [6.07, 6.45) is -0.443. The van der Waals surface area contributed by atoms with E-state index in [0.29, 0.717) is 0 Å². The van der Waals surface area contributed by atoms with E-state index in [1.54, 1.807) is 0 Å². The molecule has 4 unspecified atom stereocenters. The van der Waals surface area contributed by atoms with E-state index < -0.39 is 36.1 Å². The van der Waals surface area contributed by atoms with Crippen molar-refractivity contribution < 1.29 is 19.4 Å². The van der Waals surface area contributed by atoms with E-state index in [4.69, 9.17) is 20.9 Å². The zero-order valence-electron chi connectivity index (χ0n) is 13.9. The summed E-state index contributed by atoms with van der Waals surface area (Å²) in [6.45, 7) is 3.27. The maximum Gasteiger partial charge on any atom is 0.351 e. The molecule has 0 saturated carbocycles. The second-order valence-corrected chi connectivity index (χ2v) is 5.83. The molecule has 0 bridgehead atoms. The Morgan fingerprint density at radius 2 is 2.16 bits per heavy atom. The van der Waals surface area contributed by atoms with Crippen LogP contribution in [0.25, 0.3) is 0 Å². The minimum absolute atomic E-state index is 0. The van der Waals surface area contributed by atoms with E-state index in [0.717, 1.165) is 0 Å². The lowest BCUT2D eigenvalue weighted by Gasteiger charge is -2.20. The van der Waals surface area contributed by atoms with Gasteiger partial charge in [-0.25, -0.2) is 4.79 Å². The number of aliphatic hydroxyl groups is 1. The van der Waals surface area contributed by atoms with Crippen LogP contribution in [-0.2, 0) is 14.3 Å². The molecule has 1 aliphatic rings. The first-order valence-electron chi connectivity index (χ1n) is 7.40. The van der Waals surface area contributed by atoms with Crippen molar-refractivity contribution in [1.82, 2.24) is 9.55 Å². The Balaban J connectivity index is 0.00000288. The summed E-state index contributed by atoms with van der Waals surface area (Å²) in [5, 5.41) is 9.40. The Morgan fingerprint density at radius 1 is 1.52 bits per heavy atom. The Kier molecular flexibility index (Phi) is 9.38. The zero-order valence-corrected chi connectivity index (χ0v) is 15.5. The number of nitrogens with zero attached hydrogens (tertiary/aromatic N) is 2. The van der Waals surface area contributed by atoms with Gasteiger partial charge in [0.2, 0.25) is 0 Å². The Bertz CT molecular complexity index is 627. The van der Waals surface area contributed by atoms with E-state index in [1.165, 1.54) is 16.8 Å². The molecular weight excluding hydrogens is 375 g/mol. The minimum Gasteiger partial charge on any atom is -0.458 e. The van der Waals surface area contributed by atoms with Gasteiger partial charge in [0.1, 0.15) is 30.3 Å². The molecule has 4 atom stereocenters. The number of ether oxygens (including phenoxy) is 2. The number of hydrogen-bond acceptors (Lipinski definition) is 8. The Morgan fingerprint density at radius 3 is 2.68 bits per heavy atom. The van der Waals surface area contributed by atoms with Gasteiger partial charge in [-0.05, 0) is 12.0 Å². The third-order valence-electron chi connectivity index (χ3n) is 3.78. The number of aromatic nitrogens is 2. The number of halogens is 2. The minimum atomic E-state index is -0.755. The largest absolute Gasteiger partial charge is 0.458 e. The number of anilines is 1. The van der Waals surface area contributed by atoms with E-state index in [1.807, 2.05) is 13.8 Å². The summed E-state index contributed by atoms with van der Waals surface area (Å²) in [5.41, 5.74) is 10.6. The van der Waals surface area contributed by atoms with Gasteiger partial charge in [-0.2, -0.15) is 4.98 Å². The van der Waals surface area contributed by atoms with Crippen LogP contribution in [0.2, 0.25) is 0 Å². The highest BCUT2D eigenvalue weighted by molar-refractivity contribution is 5.85. The van der Waals surface area contributed by atoms with Crippen LogP contribution in [0, 0.1) is 5.92 Å². The standard InChI is InChI=1S/C14H22N4O5.2ClH/c1-7(2)12(16)13(20)23-8-5-11(22-9(8)6-19)18-4-3-10(15)17-14(18)21;;/h3-4,7-9,11-12,19H,5-6,16H2,1-2H3,(H2,15,17,21);2*1H. The van der Waals surface area contributed by atoms with Crippen LogP contribution in [0.1, 0.15) is 26.5 Å². The molecule has 1 aliphatic heterocycles. The molecule has 144 valence electrons. The van der Waals surface area contributed by atoms with Crippen molar-refractivity contribution in [3.8, 4) is 0 Å². The van der Waals surface area contributed by atoms with Gasteiger partial charge in [0.25, 0.3) is 0 Å². The summed E-state index contributed by atoms with van der Waals surface area (Å²) in [4.78, 5) is 27.4. The molecule has 5 N–H and O–H groups in total. The van der Waals surface area contributed by atoms with E-state index in [2.05, 4.69) is 4.98 Å². The van der Waals surface area contributed by atoms with Gasteiger partial charge in [-0.3, -0.25) is 9.36 Å². The molecule has 0 aromatic carbocycles. The van der Waals surface area contributed by atoms with Crippen molar-refractivity contribution >= 4 is 36.6 Å². The van der Waals surface area contributed by atoms with E-state index in [-0.39, 0.29) is 49.6 Å². The number of esters is 1. The fourth-order valence-electron chi connectivity index (χ4n) is 2.30. The zero-order chi connectivity index (χ0) is 17.1. The van der Waals surface area contributed by atoms with Gasteiger partial charge >= 0.3 is 11.7 Å². The average molecular weight is 399 g/mol. The molecule has 25 heavy (non-hydrogen) atoms. The van der Waals surface area contributed by atoms with Crippen molar-refractivity contribution in [1.29, 1.82) is 0 Å². The highest BCUT2D eigenvalue weighted by Crippen LogP contribution is 2.30. The van der Waals surface area contributed by atoms with Crippen molar-refractivity contribution in [3.05, 3.63) is 22.7 Å². The number of rotatable bonds is 5. The van der Waals surface area contributed by atoms with Crippen molar-refractivity contribution in [2.24, 2.45) is 11.7 Å². The van der Waals surface area contributed by atoms with Crippen LogP contribution in [0.5, 0.6) is 0 Å². The molecule has 1 saturated heterocycles. The van der Waals surface area contributed by atoms with Crippen LogP contribution >= 0.6 is 24.8 Å². The van der Waals surface area contributed by atoms with Crippen LogP contribution in [0.15, 0.2) is 17.1 Å². The van der Waals surface area contributed by atoms with Crippen LogP contribution in [0.3, 0.4) is 0 Å². The normalized spacial score (nSPS) is 23.5. The highest BCUT2D eigenvalue weighted by Gasteiger charge is 2.39. The van der Waals surface area contributed by atoms with E-state index in [9.17, 15) is 14.7 Å². The third kappa shape index (κ3) is 5.55. The molecule has 1 aromatic heterocycles. The Labute approximate surface area is 157 Å². The fourth-order valence-corrected chi connectivity index (χ4v) is 2.30. The number of aliphatic hydroxyl groups excluding tert-OH is 1. The molecule has 2 heterocycles. The van der Waals surface area contributed by atoms with Crippen molar-refractivity contribution in [2.75, 3.05) is 12.3 Å². The number of carbonyl (C=O) groups is 1.